The molecule has 0 spiro atoms. The van der Waals surface area contributed by atoms with Gasteiger partial charge in [0.15, 0.2) is 0 Å². The standard InChI is InChI=1S/C22H40Cl2O2Si/c1-20(2)21(25)26-18-16-14-12-10-8-6-4-3-5-7-9-11-13-15-17-19-27-22(23)24/h22H,1,3-19H2,2H3. The van der Waals surface area contributed by atoms with Crippen LogP contribution in [0.5, 0.6) is 0 Å². The normalized spacial score (nSPS) is 11.1. The molecule has 0 saturated carbocycles. The predicted molar refractivity (Wildman–Crippen MR) is 121 cm³/mol. The van der Waals surface area contributed by atoms with Crippen LogP contribution < -0.4 is 0 Å². The number of unbranched alkanes of at least 4 members (excludes halogenated alkanes) is 14. The highest BCUT2D eigenvalue weighted by molar-refractivity contribution is 6.68. The number of hydrogen-bond acceptors (Lipinski definition) is 2. The van der Waals surface area contributed by atoms with Gasteiger partial charge in [0.05, 0.1) is 20.6 Å². The lowest BCUT2D eigenvalue weighted by Gasteiger charge is -2.05. The predicted octanol–water partition coefficient (Wildman–Crippen LogP) is 7.84. The summed E-state index contributed by atoms with van der Waals surface area (Å²) in [6, 6.07) is 1.19. The van der Waals surface area contributed by atoms with Gasteiger partial charge in [-0.2, -0.15) is 0 Å². The second kappa shape index (κ2) is 20.7. The van der Waals surface area contributed by atoms with Gasteiger partial charge in [0.2, 0.25) is 0 Å². The third-order valence-electron chi connectivity index (χ3n) is 4.70. The average molecular weight is 436 g/mol. The molecule has 0 bridgehead atoms. The Morgan fingerprint density at radius 2 is 1.15 bits per heavy atom. The van der Waals surface area contributed by atoms with Crippen molar-refractivity contribution in [3.8, 4) is 0 Å². The lowest BCUT2D eigenvalue weighted by Crippen LogP contribution is -2.05. The van der Waals surface area contributed by atoms with E-state index in [0.717, 1.165) is 12.8 Å². The molecular formula is C22H40Cl2O2Si. The van der Waals surface area contributed by atoms with Gasteiger partial charge in [-0.1, -0.05) is 103 Å². The summed E-state index contributed by atoms with van der Waals surface area (Å²) >= 11 is 11.5. The maximum atomic E-state index is 11.2. The highest BCUT2D eigenvalue weighted by Gasteiger charge is 2.02. The van der Waals surface area contributed by atoms with Gasteiger partial charge in [0.25, 0.3) is 0 Å². The molecule has 0 unspecified atom stereocenters. The fourth-order valence-electron chi connectivity index (χ4n) is 3.02. The first-order valence-corrected chi connectivity index (χ1v) is 13.0. The van der Waals surface area contributed by atoms with E-state index < -0.39 is 0 Å². The molecule has 158 valence electrons. The summed E-state index contributed by atoms with van der Waals surface area (Å²) in [5, 5.41) is 0. The molecule has 0 aliphatic heterocycles. The monoisotopic (exact) mass is 434 g/mol. The molecule has 0 fully saturated rings. The van der Waals surface area contributed by atoms with Crippen LogP contribution >= 0.6 is 23.2 Å². The van der Waals surface area contributed by atoms with Crippen molar-refractivity contribution < 1.29 is 9.53 Å². The van der Waals surface area contributed by atoms with Crippen LogP contribution in [-0.2, 0) is 9.53 Å². The van der Waals surface area contributed by atoms with Gasteiger partial charge in [0, 0.05) is 5.57 Å². The Balaban J connectivity index is 3.07. The van der Waals surface area contributed by atoms with Crippen molar-refractivity contribution in [2.75, 3.05) is 6.61 Å². The van der Waals surface area contributed by atoms with E-state index in [1.807, 2.05) is 0 Å². The Labute approximate surface area is 180 Å². The minimum Gasteiger partial charge on any atom is -0.462 e. The van der Waals surface area contributed by atoms with E-state index in [9.17, 15) is 4.79 Å². The van der Waals surface area contributed by atoms with Crippen molar-refractivity contribution in [1.82, 2.24) is 0 Å². The van der Waals surface area contributed by atoms with Gasteiger partial charge in [-0.05, 0) is 13.3 Å². The summed E-state index contributed by atoms with van der Waals surface area (Å²) in [5.41, 5.74) is 0.485. The van der Waals surface area contributed by atoms with Gasteiger partial charge < -0.3 is 4.74 Å². The van der Waals surface area contributed by atoms with E-state index in [2.05, 4.69) is 6.58 Å². The molecule has 0 N–H and O–H groups in total. The largest absolute Gasteiger partial charge is 0.462 e. The number of ether oxygens (including phenoxy) is 1. The fourth-order valence-corrected chi connectivity index (χ4v) is 4.35. The first-order chi connectivity index (χ1) is 13.0. The number of esters is 1. The molecule has 0 heterocycles. The Morgan fingerprint density at radius 3 is 1.52 bits per heavy atom. The van der Waals surface area contributed by atoms with Crippen molar-refractivity contribution in [2.45, 2.75) is 114 Å². The average Bonchev–Trinajstić information content (AvgIpc) is 2.63. The van der Waals surface area contributed by atoms with E-state index in [-0.39, 0.29) is 10.4 Å². The van der Waals surface area contributed by atoms with Crippen LogP contribution in [-0.4, -0.2) is 26.6 Å². The molecule has 0 rings (SSSR count). The van der Waals surface area contributed by atoms with Crippen molar-refractivity contribution in [1.29, 1.82) is 0 Å². The van der Waals surface area contributed by atoms with Crippen LogP contribution in [0.4, 0.5) is 0 Å². The molecule has 27 heavy (non-hydrogen) atoms. The molecule has 0 aromatic carbocycles. The number of carbonyl (C=O) groups excluding carboxylic acids is 1. The Bertz CT molecular complexity index is 362. The van der Waals surface area contributed by atoms with Crippen molar-refractivity contribution in [2.24, 2.45) is 0 Å². The van der Waals surface area contributed by atoms with Gasteiger partial charge in [0.1, 0.15) is 0 Å². The van der Waals surface area contributed by atoms with Gasteiger partial charge in [-0.3, -0.25) is 0 Å². The van der Waals surface area contributed by atoms with Crippen LogP contribution in [0.25, 0.3) is 0 Å². The zero-order chi connectivity index (χ0) is 20.2. The van der Waals surface area contributed by atoms with Crippen molar-refractivity contribution in [3.63, 3.8) is 0 Å². The second-order valence-electron chi connectivity index (χ2n) is 7.47. The van der Waals surface area contributed by atoms with E-state index in [4.69, 9.17) is 27.9 Å². The third kappa shape index (κ3) is 22.2. The van der Waals surface area contributed by atoms with Gasteiger partial charge in [-0.15, -0.1) is 23.2 Å². The summed E-state index contributed by atoms with van der Waals surface area (Å²) in [5.74, 6) is -0.262. The molecule has 5 heteroatoms. The zero-order valence-electron chi connectivity index (χ0n) is 17.4. The molecule has 0 aromatic rings. The Morgan fingerprint density at radius 1 is 0.778 bits per heavy atom. The Kier molecular flexibility index (Phi) is 20.7. The summed E-state index contributed by atoms with van der Waals surface area (Å²) in [7, 11) is 0.708. The van der Waals surface area contributed by atoms with Crippen molar-refractivity contribution >= 4 is 38.7 Å². The maximum Gasteiger partial charge on any atom is 0.333 e. The number of rotatable bonds is 20. The highest BCUT2D eigenvalue weighted by atomic mass is 35.5. The smallest absolute Gasteiger partial charge is 0.333 e. The van der Waals surface area contributed by atoms with Crippen LogP contribution in [0.1, 0.15) is 103 Å². The summed E-state index contributed by atoms with van der Waals surface area (Å²) in [6.07, 6.45) is 19.7. The second-order valence-corrected chi connectivity index (χ2v) is 10.8. The summed E-state index contributed by atoms with van der Waals surface area (Å²) in [6.45, 7) is 5.80. The molecule has 0 amide bonds. The van der Waals surface area contributed by atoms with Crippen LogP contribution in [0, 0.1) is 0 Å². The molecule has 0 atom stereocenters. The van der Waals surface area contributed by atoms with Gasteiger partial charge in [-0.25, -0.2) is 4.79 Å². The number of hydrogen-bond donors (Lipinski definition) is 0. The quantitative estimate of drug-likeness (QED) is 0.0640. The topological polar surface area (TPSA) is 26.3 Å². The number of alkyl halides is 2. The molecule has 0 saturated heterocycles. The fraction of sp³-hybridized carbons (Fsp3) is 0.864. The lowest BCUT2D eigenvalue weighted by molar-refractivity contribution is -0.139. The number of halogens is 2. The van der Waals surface area contributed by atoms with E-state index in [0.29, 0.717) is 21.7 Å². The SMILES string of the molecule is C=C(C)C(=O)OCCCCCCCCCCCCCCCCC[Si]C(Cl)Cl. The first-order valence-electron chi connectivity index (χ1n) is 10.9. The summed E-state index contributed by atoms with van der Waals surface area (Å²) in [4.78, 5) is 11.2. The molecule has 0 aliphatic rings. The maximum absolute atomic E-state index is 11.2. The van der Waals surface area contributed by atoms with E-state index in [1.54, 1.807) is 6.92 Å². The highest BCUT2D eigenvalue weighted by Crippen LogP contribution is 2.14. The molecule has 0 aliphatic carbocycles. The van der Waals surface area contributed by atoms with Crippen LogP contribution in [0.2, 0.25) is 6.04 Å². The minimum absolute atomic E-state index is 0.150. The van der Waals surface area contributed by atoms with E-state index in [1.165, 1.54) is 89.5 Å². The van der Waals surface area contributed by atoms with Crippen LogP contribution in [0.3, 0.4) is 0 Å². The third-order valence-corrected chi connectivity index (χ3v) is 6.58. The van der Waals surface area contributed by atoms with Crippen molar-refractivity contribution in [3.05, 3.63) is 12.2 Å². The molecular weight excluding hydrogens is 395 g/mol. The Hall–Kier alpha value is 0.00688. The summed E-state index contributed by atoms with van der Waals surface area (Å²) < 4.78 is 4.94. The zero-order valence-corrected chi connectivity index (χ0v) is 19.9. The lowest BCUT2D eigenvalue weighted by atomic mass is 10.0. The first kappa shape index (κ1) is 27.0. The van der Waals surface area contributed by atoms with Crippen LogP contribution in [0.15, 0.2) is 12.2 Å². The molecule has 2 nitrogen and oxygen atoms in total. The minimum atomic E-state index is -0.262. The number of carbonyl (C=O) groups is 1. The molecule has 2 radical (unpaired) electrons. The van der Waals surface area contributed by atoms with Gasteiger partial charge >= 0.3 is 5.97 Å². The molecule has 0 aromatic heterocycles. The van der Waals surface area contributed by atoms with E-state index >= 15 is 0 Å².